The Kier molecular flexibility index (Phi) is 10.9. The van der Waals surface area contributed by atoms with Crippen molar-refractivity contribution in [2.45, 2.75) is 205 Å². The highest BCUT2D eigenvalue weighted by atomic mass is 16.7. The molecule has 8 aliphatic rings. The predicted octanol–water partition coefficient (Wildman–Crippen LogP) is 2.50. The van der Waals surface area contributed by atoms with Crippen LogP contribution in [0.4, 0.5) is 0 Å². The zero-order valence-electron chi connectivity index (χ0n) is 36.3. The van der Waals surface area contributed by atoms with E-state index in [1.54, 1.807) is 13.8 Å². The molecule has 3 aliphatic heterocycles. The molecule has 6 N–H and O–H groups in total. The minimum Gasteiger partial charge on any atom is -0.455 e. The summed E-state index contributed by atoms with van der Waals surface area (Å²) in [5.41, 5.74) is -3.16. The van der Waals surface area contributed by atoms with Gasteiger partial charge < -0.3 is 63.8 Å². The molecule has 20 atom stereocenters. The van der Waals surface area contributed by atoms with Crippen molar-refractivity contribution in [1.29, 1.82) is 0 Å². The Morgan fingerprint density at radius 3 is 1.98 bits per heavy atom. The van der Waals surface area contributed by atoms with Crippen molar-refractivity contribution in [3.05, 3.63) is 0 Å². The fraction of sp³-hybridized carbons (Fsp3) is 0.955. The zero-order chi connectivity index (χ0) is 43.0. The Labute approximate surface area is 347 Å². The molecule has 3 saturated heterocycles. The lowest BCUT2D eigenvalue weighted by Gasteiger charge is -2.65. The van der Waals surface area contributed by atoms with Crippen molar-refractivity contribution in [1.82, 2.24) is 0 Å². The third-order valence-electron chi connectivity index (χ3n) is 17.8. The van der Waals surface area contributed by atoms with Crippen molar-refractivity contribution in [3.63, 3.8) is 0 Å². The third kappa shape index (κ3) is 6.60. The number of carbonyl (C=O) groups excluding carboxylic acids is 2. The van der Waals surface area contributed by atoms with Crippen LogP contribution in [0, 0.1) is 44.8 Å². The normalized spacial score (nSPS) is 54.0. The van der Waals surface area contributed by atoms with Gasteiger partial charge in [0.1, 0.15) is 24.4 Å². The quantitative estimate of drug-likeness (QED) is 0.153. The van der Waals surface area contributed by atoms with Gasteiger partial charge in [-0.15, -0.1) is 0 Å². The first kappa shape index (κ1) is 44.1. The summed E-state index contributed by atoms with van der Waals surface area (Å²) in [6, 6.07) is 0. The molecule has 8 fully saturated rings. The van der Waals surface area contributed by atoms with E-state index >= 15 is 0 Å². The molecule has 5 aliphatic carbocycles. The highest BCUT2D eigenvalue weighted by Crippen LogP contribution is 2.89. The smallest absolute Gasteiger partial charge is 0.303 e. The number of rotatable bonds is 8. The van der Waals surface area contributed by atoms with E-state index < -0.39 is 96.1 Å². The molecule has 2 spiro atoms. The van der Waals surface area contributed by atoms with Gasteiger partial charge in [0.2, 0.25) is 0 Å². The highest BCUT2D eigenvalue weighted by molar-refractivity contribution is 5.67. The summed E-state index contributed by atoms with van der Waals surface area (Å²) in [4.78, 5) is 24.4. The van der Waals surface area contributed by atoms with Gasteiger partial charge in [-0.2, -0.15) is 0 Å². The standard InChI is InChI=1S/C44H70O15/c1-21(45)55-32-25(49)19-54-37(33(32)56-22(2)46)58-28-11-13-44-20-43(44)15-14-40(7)34(42(9)12-10-29(59-42)39(5,6)52)23(47)17-41(40,8)27(43)16-26(35(44)38(28,3)4)57-36-31(51)30(50)24(48)18-53-36/h23-37,47-52H,10-20H2,1-9H3/t23-,24+,25+,26-,27+,28-,29+,30-,31+,32-,33+,34-,35+,36+,37-,40+,41-,42+,43-,44+/m0/s1. The molecule has 336 valence electrons. The van der Waals surface area contributed by atoms with Crippen LogP contribution in [0.1, 0.15) is 120 Å². The fourth-order valence-corrected chi connectivity index (χ4v) is 15.2. The van der Waals surface area contributed by atoms with Gasteiger partial charge in [-0.1, -0.05) is 27.7 Å². The molecule has 15 nitrogen and oxygen atoms in total. The molecular formula is C44H70O15. The number of ether oxygens (including phenoxy) is 7. The number of fused-ring (bicyclic) bond motifs is 2. The second-order valence-electron chi connectivity index (χ2n) is 21.8. The average Bonchev–Trinajstić information content (AvgIpc) is 3.49. The highest BCUT2D eigenvalue weighted by Gasteiger charge is 2.85. The Bertz CT molecular complexity index is 1630. The van der Waals surface area contributed by atoms with Crippen LogP contribution in [0.5, 0.6) is 0 Å². The van der Waals surface area contributed by atoms with Crippen molar-refractivity contribution >= 4 is 11.9 Å². The van der Waals surface area contributed by atoms with Crippen LogP contribution in [0.3, 0.4) is 0 Å². The molecule has 59 heavy (non-hydrogen) atoms. The molecule has 0 radical (unpaired) electrons. The predicted molar refractivity (Wildman–Crippen MR) is 207 cm³/mol. The molecule has 0 amide bonds. The summed E-state index contributed by atoms with van der Waals surface area (Å²) in [6.07, 6.45) is -5.24. The maximum Gasteiger partial charge on any atom is 0.303 e. The summed E-state index contributed by atoms with van der Waals surface area (Å²) in [7, 11) is 0. The van der Waals surface area contributed by atoms with Gasteiger partial charge in [0, 0.05) is 19.8 Å². The summed E-state index contributed by atoms with van der Waals surface area (Å²) in [6.45, 7) is 16.7. The summed E-state index contributed by atoms with van der Waals surface area (Å²) >= 11 is 0. The van der Waals surface area contributed by atoms with Crippen LogP contribution in [0.2, 0.25) is 0 Å². The van der Waals surface area contributed by atoms with Crippen molar-refractivity contribution in [2.75, 3.05) is 13.2 Å². The number of hydrogen-bond acceptors (Lipinski definition) is 15. The van der Waals surface area contributed by atoms with Gasteiger partial charge in [-0.05, 0) is 117 Å². The van der Waals surface area contributed by atoms with Crippen LogP contribution < -0.4 is 0 Å². The van der Waals surface area contributed by atoms with Crippen LogP contribution in [0.15, 0.2) is 0 Å². The maximum absolute atomic E-state index is 12.3. The molecule has 0 bridgehead atoms. The lowest BCUT2D eigenvalue weighted by Crippen LogP contribution is -2.65. The fourth-order valence-electron chi connectivity index (χ4n) is 15.2. The second kappa shape index (κ2) is 14.5. The van der Waals surface area contributed by atoms with Crippen LogP contribution in [0.25, 0.3) is 0 Å². The van der Waals surface area contributed by atoms with E-state index in [0.717, 1.165) is 32.1 Å². The molecule has 0 aromatic carbocycles. The first-order valence-corrected chi connectivity index (χ1v) is 22.0. The zero-order valence-corrected chi connectivity index (χ0v) is 36.3. The lowest BCUT2D eigenvalue weighted by molar-refractivity contribution is -0.327. The summed E-state index contributed by atoms with van der Waals surface area (Å²) in [5.74, 6) is -1.47. The SMILES string of the molecule is CC(=O)O[C@@H]1[C@@H](OC(C)=O)[C@H](O[C@H]2CC[C@]34C[C@]35CC[C@]3(C)[C@@H]([C@@]6(C)CC[C@H](C(C)(C)O)O6)[C@@H](O)C[C@@]3(C)[C@H]5C[C@H](O[C@H]3OC[C@@H](O)[C@H](O)[C@H]3O)[C@@H]4C2(C)C)OC[C@H]1O. The van der Waals surface area contributed by atoms with Crippen LogP contribution in [-0.4, -0.2) is 141 Å². The Balaban J connectivity index is 1.13. The van der Waals surface area contributed by atoms with E-state index in [-0.39, 0.29) is 58.7 Å². The number of hydrogen-bond donors (Lipinski definition) is 6. The van der Waals surface area contributed by atoms with Crippen molar-refractivity contribution < 1.29 is 73.4 Å². The minimum absolute atomic E-state index is 0.0659. The largest absolute Gasteiger partial charge is 0.455 e. The third-order valence-corrected chi connectivity index (χ3v) is 17.8. The van der Waals surface area contributed by atoms with Gasteiger partial charge >= 0.3 is 11.9 Å². The van der Waals surface area contributed by atoms with E-state index in [2.05, 4.69) is 34.6 Å². The Morgan fingerprint density at radius 2 is 1.34 bits per heavy atom. The number of aliphatic hydroxyl groups excluding tert-OH is 5. The molecule has 0 unspecified atom stereocenters. The number of carbonyl (C=O) groups is 2. The van der Waals surface area contributed by atoms with Gasteiger partial charge in [0.05, 0.1) is 48.8 Å². The second-order valence-corrected chi connectivity index (χ2v) is 21.8. The van der Waals surface area contributed by atoms with Crippen molar-refractivity contribution in [2.24, 2.45) is 44.8 Å². The van der Waals surface area contributed by atoms with Gasteiger partial charge in [0.25, 0.3) is 0 Å². The molecule has 5 saturated carbocycles. The maximum atomic E-state index is 12.3. The number of aliphatic hydroxyl groups is 6. The topological polar surface area (TPSA) is 220 Å². The molecular weight excluding hydrogens is 768 g/mol. The Morgan fingerprint density at radius 1 is 0.695 bits per heavy atom. The first-order valence-electron chi connectivity index (χ1n) is 22.0. The van der Waals surface area contributed by atoms with Gasteiger partial charge in [-0.25, -0.2) is 0 Å². The molecule has 0 aromatic heterocycles. The lowest BCUT2D eigenvalue weighted by atomic mass is 9.41. The summed E-state index contributed by atoms with van der Waals surface area (Å²) < 4.78 is 43.5. The van der Waals surface area contributed by atoms with E-state index in [1.165, 1.54) is 13.8 Å². The van der Waals surface area contributed by atoms with Crippen LogP contribution >= 0.6 is 0 Å². The van der Waals surface area contributed by atoms with Gasteiger partial charge in [-0.3, -0.25) is 9.59 Å². The summed E-state index contributed by atoms with van der Waals surface area (Å²) in [5, 5.41) is 66.3. The monoisotopic (exact) mass is 838 g/mol. The molecule has 8 rings (SSSR count). The van der Waals surface area contributed by atoms with Gasteiger partial charge in [0.15, 0.2) is 24.8 Å². The van der Waals surface area contributed by atoms with E-state index in [4.69, 9.17) is 33.2 Å². The van der Waals surface area contributed by atoms with Crippen molar-refractivity contribution in [3.8, 4) is 0 Å². The average molecular weight is 839 g/mol. The molecule has 15 heteroatoms. The molecule has 0 aromatic rings. The molecule has 3 heterocycles. The minimum atomic E-state index is -1.49. The van der Waals surface area contributed by atoms with Crippen LogP contribution in [-0.2, 0) is 42.7 Å². The van der Waals surface area contributed by atoms with E-state index in [9.17, 15) is 40.2 Å². The van der Waals surface area contributed by atoms with E-state index in [0.29, 0.717) is 25.7 Å². The Hall–Kier alpha value is -1.50. The first-order chi connectivity index (χ1) is 27.3. The number of esters is 2. The van der Waals surface area contributed by atoms with E-state index in [1.807, 2.05) is 0 Å².